The Hall–Kier alpha value is -3.16. The number of nitrogens with one attached hydrogen (secondary N) is 1. The number of methoxy groups -OCH3 is 2. The summed E-state index contributed by atoms with van der Waals surface area (Å²) >= 11 is 2.95. The van der Waals surface area contributed by atoms with Crippen molar-refractivity contribution >= 4 is 46.4 Å². The third-order valence-electron chi connectivity index (χ3n) is 4.63. The molecule has 4 rings (SSSR count). The molecule has 1 heterocycles. The zero-order chi connectivity index (χ0) is 21.8. The molecule has 0 unspecified atom stereocenters. The molecular weight excluding hydrogens is 430 g/mol. The zero-order valence-corrected chi connectivity index (χ0v) is 18.5. The molecule has 7 heteroatoms. The summed E-state index contributed by atoms with van der Waals surface area (Å²) in [5, 5.41) is 1.91. The summed E-state index contributed by atoms with van der Waals surface area (Å²) in [6, 6.07) is 22.7. The number of benzene rings is 3. The number of H-pyrrole nitrogens is 1. The van der Waals surface area contributed by atoms with Gasteiger partial charge in [-0.05, 0) is 30.3 Å². The minimum absolute atomic E-state index is 0.381. The number of ether oxygens (including phenoxy) is 2. The van der Waals surface area contributed by atoms with Gasteiger partial charge in [-0.25, -0.2) is 9.59 Å². The third-order valence-corrected chi connectivity index (χ3v) is 7.05. The van der Waals surface area contributed by atoms with E-state index in [9.17, 15) is 9.59 Å². The van der Waals surface area contributed by atoms with Crippen LogP contribution in [0.1, 0.15) is 20.7 Å². The Morgan fingerprint density at radius 2 is 1.23 bits per heavy atom. The number of fused-ring (bicyclic) bond motifs is 1. The van der Waals surface area contributed by atoms with Gasteiger partial charge < -0.3 is 14.5 Å². The van der Waals surface area contributed by atoms with Gasteiger partial charge in [0.05, 0.1) is 35.3 Å². The van der Waals surface area contributed by atoms with E-state index in [0.717, 1.165) is 30.6 Å². The van der Waals surface area contributed by atoms with Crippen LogP contribution < -0.4 is 0 Å². The lowest BCUT2D eigenvalue weighted by Crippen LogP contribution is -2.03. The van der Waals surface area contributed by atoms with E-state index in [1.165, 1.54) is 37.7 Å². The Labute approximate surface area is 188 Å². The first kappa shape index (κ1) is 21.1. The molecule has 1 N–H and O–H groups in total. The first-order valence-electron chi connectivity index (χ1n) is 9.43. The van der Waals surface area contributed by atoms with Crippen molar-refractivity contribution in [3.05, 3.63) is 83.9 Å². The molecule has 0 fully saturated rings. The van der Waals surface area contributed by atoms with Gasteiger partial charge in [0, 0.05) is 20.7 Å². The minimum Gasteiger partial charge on any atom is -0.465 e. The number of aromatic amines is 1. The van der Waals surface area contributed by atoms with Crippen LogP contribution in [0.25, 0.3) is 10.9 Å². The van der Waals surface area contributed by atoms with Crippen molar-refractivity contribution in [2.24, 2.45) is 0 Å². The van der Waals surface area contributed by atoms with E-state index in [2.05, 4.69) is 4.98 Å². The van der Waals surface area contributed by atoms with Crippen LogP contribution in [-0.4, -0.2) is 31.1 Å². The van der Waals surface area contributed by atoms with E-state index in [0.29, 0.717) is 11.1 Å². The predicted octanol–water partition coefficient (Wildman–Crippen LogP) is 6.04. The second kappa shape index (κ2) is 9.32. The second-order valence-electron chi connectivity index (χ2n) is 6.51. The fraction of sp³-hybridized carbons (Fsp3) is 0.0833. The van der Waals surface area contributed by atoms with Crippen molar-refractivity contribution in [3.8, 4) is 0 Å². The zero-order valence-electron chi connectivity index (χ0n) is 16.9. The quantitative estimate of drug-likeness (QED) is 0.362. The van der Waals surface area contributed by atoms with Crippen molar-refractivity contribution in [2.75, 3.05) is 14.2 Å². The highest BCUT2D eigenvalue weighted by atomic mass is 32.2. The van der Waals surface area contributed by atoms with E-state index in [1.54, 1.807) is 12.1 Å². The van der Waals surface area contributed by atoms with Crippen LogP contribution in [-0.2, 0) is 9.47 Å². The van der Waals surface area contributed by atoms with Crippen LogP contribution in [0.3, 0.4) is 0 Å². The standard InChI is InChI=1S/C24H19NO4S2/c1-28-23(26)16-10-4-7-13-19(16)30-21-15-9-3-6-12-18(15)25-22(21)31-20-14-8-5-11-17(20)24(27)29-2/h3-14,25H,1-2H3. The normalized spacial score (nSPS) is 10.8. The average Bonchev–Trinajstić information content (AvgIpc) is 3.15. The van der Waals surface area contributed by atoms with Crippen molar-refractivity contribution in [1.29, 1.82) is 0 Å². The number of hydrogen-bond donors (Lipinski definition) is 1. The molecule has 0 amide bonds. The summed E-state index contributed by atoms with van der Waals surface area (Å²) in [7, 11) is 2.75. The lowest BCUT2D eigenvalue weighted by molar-refractivity contribution is 0.0588. The first-order valence-corrected chi connectivity index (χ1v) is 11.1. The molecule has 0 atom stereocenters. The molecule has 31 heavy (non-hydrogen) atoms. The van der Waals surface area contributed by atoms with E-state index in [4.69, 9.17) is 9.47 Å². The van der Waals surface area contributed by atoms with Gasteiger partial charge in [-0.2, -0.15) is 0 Å². The summed E-state index contributed by atoms with van der Waals surface area (Å²) in [5.41, 5.74) is 1.98. The molecule has 0 spiro atoms. The Bertz CT molecular complexity index is 1270. The number of para-hydroxylation sites is 1. The molecule has 0 saturated heterocycles. The molecule has 0 saturated carbocycles. The average molecular weight is 450 g/mol. The van der Waals surface area contributed by atoms with Crippen molar-refractivity contribution in [2.45, 2.75) is 19.7 Å². The number of carbonyl (C=O) groups is 2. The van der Waals surface area contributed by atoms with Crippen molar-refractivity contribution in [1.82, 2.24) is 4.98 Å². The lowest BCUT2D eigenvalue weighted by atomic mass is 10.2. The maximum atomic E-state index is 12.3. The van der Waals surface area contributed by atoms with Crippen LogP contribution in [0.15, 0.2) is 92.5 Å². The highest BCUT2D eigenvalue weighted by molar-refractivity contribution is 8.02. The van der Waals surface area contributed by atoms with Gasteiger partial charge in [0.1, 0.15) is 0 Å². The van der Waals surface area contributed by atoms with Crippen LogP contribution in [0.5, 0.6) is 0 Å². The maximum Gasteiger partial charge on any atom is 0.339 e. The molecule has 156 valence electrons. The van der Waals surface area contributed by atoms with Crippen LogP contribution >= 0.6 is 23.5 Å². The fourth-order valence-electron chi connectivity index (χ4n) is 3.15. The molecule has 0 bridgehead atoms. The van der Waals surface area contributed by atoms with Crippen LogP contribution in [0.2, 0.25) is 0 Å². The van der Waals surface area contributed by atoms with E-state index in [-0.39, 0.29) is 11.9 Å². The molecule has 1 aromatic heterocycles. The van der Waals surface area contributed by atoms with Gasteiger partial charge >= 0.3 is 11.9 Å². The lowest BCUT2D eigenvalue weighted by Gasteiger charge is -2.10. The summed E-state index contributed by atoms with van der Waals surface area (Å²) in [5.74, 6) is -0.766. The van der Waals surface area contributed by atoms with Crippen LogP contribution in [0.4, 0.5) is 0 Å². The first-order chi connectivity index (χ1) is 15.1. The smallest absolute Gasteiger partial charge is 0.339 e. The summed E-state index contributed by atoms with van der Waals surface area (Å²) in [6.45, 7) is 0. The Balaban J connectivity index is 1.81. The second-order valence-corrected chi connectivity index (χ2v) is 8.61. The molecule has 0 radical (unpaired) electrons. The summed E-state index contributed by atoms with van der Waals surface area (Å²) in [6.07, 6.45) is 0. The monoisotopic (exact) mass is 449 g/mol. The van der Waals surface area contributed by atoms with E-state index in [1.807, 2.05) is 60.7 Å². The number of carbonyl (C=O) groups excluding carboxylic acids is 2. The van der Waals surface area contributed by atoms with Gasteiger partial charge in [0.15, 0.2) is 0 Å². The minimum atomic E-state index is -0.385. The van der Waals surface area contributed by atoms with Gasteiger partial charge in [-0.1, -0.05) is 66.0 Å². The Kier molecular flexibility index (Phi) is 6.34. The Morgan fingerprint density at radius 3 is 1.84 bits per heavy atom. The number of hydrogen-bond acceptors (Lipinski definition) is 6. The number of esters is 2. The van der Waals surface area contributed by atoms with E-state index < -0.39 is 0 Å². The van der Waals surface area contributed by atoms with Gasteiger partial charge in [0.25, 0.3) is 0 Å². The summed E-state index contributed by atoms with van der Waals surface area (Å²) in [4.78, 5) is 30.5. The molecule has 0 aliphatic carbocycles. The maximum absolute atomic E-state index is 12.3. The van der Waals surface area contributed by atoms with Gasteiger partial charge in [0.2, 0.25) is 0 Å². The fourth-order valence-corrected chi connectivity index (χ4v) is 5.45. The Morgan fingerprint density at radius 1 is 0.710 bits per heavy atom. The highest BCUT2D eigenvalue weighted by Gasteiger charge is 2.20. The van der Waals surface area contributed by atoms with Crippen LogP contribution in [0, 0.1) is 0 Å². The third kappa shape index (κ3) is 4.33. The van der Waals surface area contributed by atoms with E-state index >= 15 is 0 Å². The van der Waals surface area contributed by atoms with Crippen molar-refractivity contribution in [3.63, 3.8) is 0 Å². The van der Waals surface area contributed by atoms with Gasteiger partial charge in [-0.3, -0.25) is 0 Å². The van der Waals surface area contributed by atoms with Crippen molar-refractivity contribution < 1.29 is 19.1 Å². The largest absolute Gasteiger partial charge is 0.465 e. The number of aromatic nitrogens is 1. The molecule has 4 aromatic rings. The molecular formula is C24H19NO4S2. The number of rotatable bonds is 6. The molecule has 0 aliphatic heterocycles. The highest BCUT2D eigenvalue weighted by Crippen LogP contribution is 2.44. The topological polar surface area (TPSA) is 68.4 Å². The molecule has 5 nitrogen and oxygen atoms in total. The summed E-state index contributed by atoms with van der Waals surface area (Å²) < 4.78 is 9.88. The molecule has 0 aliphatic rings. The predicted molar refractivity (Wildman–Crippen MR) is 122 cm³/mol. The molecule has 3 aromatic carbocycles. The SMILES string of the molecule is COC(=O)c1ccccc1Sc1[nH]c2ccccc2c1Sc1ccccc1C(=O)OC. The van der Waals surface area contributed by atoms with Gasteiger partial charge in [-0.15, -0.1) is 0 Å².